The summed E-state index contributed by atoms with van der Waals surface area (Å²) in [6, 6.07) is 0. The fourth-order valence-electron chi connectivity index (χ4n) is 1.29. The number of aliphatic imine (C=N–C) groups is 1. The Balaban J connectivity index is 0. The molecule has 0 radical (unpaired) electrons. The SMILES string of the molecule is CCCCCCCCN=C([O-])/C=C\SS(=O)(=O)O.[Na+]. The third-order valence-corrected chi connectivity index (χ3v) is 3.72. The van der Waals surface area contributed by atoms with Crippen molar-refractivity contribution >= 4 is 25.8 Å². The van der Waals surface area contributed by atoms with Crippen LogP contribution in [0.15, 0.2) is 16.5 Å². The van der Waals surface area contributed by atoms with Gasteiger partial charge in [-0.2, -0.15) is 8.42 Å². The van der Waals surface area contributed by atoms with Crippen molar-refractivity contribution in [1.29, 1.82) is 0 Å². The van der Waals surface area contributed by atoms with Crippen LogP contribution in [0, 0.1) is 0 Å². The Morgan fingerprint density at radius 3 is 2.42 bits per heavy atom. The van der Waals surface area contributed by atoms with Crippen LogP contribution in [0.1, 0.15) is 45.4 Å². The third kappa shape index (κ3) is 18.5. The molecule has 0 rings (SSSR count). The van der Waals surface area contributed by atoms with Gasteiger partial charge in [0, 0.05) is 17.3 Å². The molecule has 0 aromatic rings. The Kier molecular flexibility index (Phi) is 15.4. The van der Waals surface area contributed by atoms with Crippen LogP contribution in [0.5, 0.6) is 0 Å². The number of hydrogen-bond donors (Lipinski definition) is 1. The molecule has 0 aromatic carbocycles. The Morgan fingerprint density at radius 1 is 1.26 bits per heavy atom. The van der Waals surface area contributed by atoms with Crippen molar-refractivity contribution in [2.75, 3.05) is 6.54 Å². The first kappa shape index (κ1) is 21.8. The van der Waals surface area contributed by atoms with Crippen LogP contribution in [0.3, 0.4) is 0 Å². The van der Waals surface area contributed by atoms with Crippen LogP contribution in [0.2, 0.25) is 0 Å². The third-order valence-electron chi connectivity index (χ3n) is 2.17. The van der Waals surface area contributed by atoms with Crippen molar-refractivity contribution in [3.8, 4) is 0 Å². The molecule has 0 atom stereocenters. The molecule has 1 N–H and O–H groups in total. The summed E-state index contributed by atoms with van der Waals surface area (Å²) < 4.78 is 29.0. The molecular formula is C11H20NNaO4S2. The molecular weight excluding hydrogens is 297 g/mol. The minimum atomic E-state index is -4.12. The molecule has 0 heterocycles. The van der Waals surface area contributed by atoms with E-state index >= 15 is 0 Å². The van der Waals surface area contributed by atoms with Crippen molar-refractivity contribution in [2.45, 2.75) is 45.4 Å². The fourth-order valence-corrected chi connectivity index (χ4v) is 2.19. The largest absolute Gasteiger partial charge is 1.00 e. The van der Waals surface area contributed by atoms with Crippen molar-refractivity contribution in [1.82, 2.24) is 0 Å². The summed E-state index contributed by atoms with van der Waals surface area (Å²) in [5.74, 6) is -0.472. The van der Waals surface area contributed by atoms with Crippen LogP contribution < -0.4 is 34.7 Å². The molecule has 0 saturated carbocycles. The van der Waals surface area contributed by atoms with E-state index in [-0.39, 0.29) is 40.4 Å². The Bertz CT molecular complexity index is 369. The maximum absolute atomic E-state index is 11.1. The fraction of sp³-hybridized carbons (Fsp3) is 0.727. The summed E-state index contributed by atoms with van der Waals surface area (Å²) in [6.07, 6.45) is 7.79. The topological polar surface area (TPSA) is 89.8 Å². The zero-order valence-electron chi connectivity index (χ0n) is 11.5. The smallest absolute Gasteiger partial charge is 0.859 e. The second-order valence-electron chi connectivity index (χ2n) is 3.81. The van der Waals surface area contributed by atoms with Gasteiger partial charge in [-0.05, 0) is 23.8 Å². The second kappa shape index (κ2) is 13.5. The van der Waals surface area contributed by atoms with Crippen molar-refractivity contribution in [2.24, 2.45) is 4.99 Å². The van der Waals surface area contributed by atoms with E-state index in [1.807, 2.05) is 0 Å². The summed E-state index contributed by atoms with van der Waals surface area (Å²) in [5, 5.41) is 12.1. The zero-order valence-corrected chi connectivity index (χ0v) is 15.2. The first-order valence-corrected chi connectivity index (χ1v) is 8.83. The molecule has 0 aromatic heterocycles. The van der Waals surface area contributed by atoms with E-state index in [9.17, 15) is 13.5 Å². The molecule has 0 aliphatic carbocycles. The molecule has 0 fully saturated rings. The maximum atomic E-state index is 11.1. The monoisotopic (exact) mass is 317 g/mol. The summed E-state index contributed by atoms with van der Waals surface area (Å²) in [6.45, 7) is 2.62. The van der Waals surface area contributed by atoms with Gasteiger partial charge in [-0.3, -0.25) is 4.55 Å². The second-order valence-corrected chi connectivity index (χ2v) is 6.98. The predicted molar refractivity (Wildman–Crippen MR) is 74.0 cm³/mol. The first-order chi connectivity index (χ1) is 8.45. The Morgan fingerprint density at radius 2 is 1.84 bits per heavy atom. The normalized spacial score (nSPS) is 12.6. The van der Waals surface area contributed by atoms with E-state index in [4.69, 9.17) is 4.55 Å². The molecule has 0 unspecified atom stereocenters. The van der Waals surface area contributed by atoms with Gasteiger partial charge in [0.15, 0.2) is 0 Å². The van der Waals surface area contributed by atoms with E-state index in [0.717, 1.165) is 30.7 Å². The summed E-state index contributed by atoms with van der Waals surface area (Å²) in [5.41, 5.74) is 0. The van der Waals surface area contributed by atoms with E-state index in [1.54, 1.807) is 0 Å². The van der Waals surface area contributed by atoms with Gasteiger partial charge in [-0.25, -0.2) is 0 Å². The van der Waals surface area contributed by atoms with Crippen LogP contribution in [0.25, 0.3) is 0 Å². The molecule has 0 spiro atoms. The molecule has 0 amide bonds. The van der Waals surface area contributed by atoms with Crippen molar-refractivity contribution in [3.63, 3.8) is 0 Å². The van der Waals surface area contributed by atoms with Gasteiger partial charge in [0.1, 0.15) is 0 Å². The zero-order chi connectivity index (χ0) is 13.9. The van der Waals surface area contributed by atoms with E-state index < -0.39 is 15.0 Å². The van der Waals surface area contributed by atoms with E-state index in [2.05, 4.69) is 11.9 Å². The molecule has 8 heteroatoms. The average molecular weight is 317 g/mol. The van der Waals surface area contributed by atoms with Gasteiger partial charge in [0.25, 0.3) is 0 Å². The predicted octanol–water partition coefficient (Wildman–Crippen LogP) is -0.841. The van der Waals surface area contributed by atoms with Crippen LogP contribution in [-0.2, 0) is 9.15 Å². The molecule has 0 aliphatic heterocycles. The van der Waals surface area contributed by atoms with E-state index in [0.29, 0.717) is 6.54 Å². The minimum Gasteiger partial charge on any atom is -0.859 e. The van der Waals surface area contributed by atoms with Gasteiger partial charge < -0.3 is 10.1 Å². The van der Waals surface area contributed by atoms with E-state index in [1.165, 1.54) is 19.3 Å². The minimum absolute atomic E-state index is 0. The van der Waals surface area contributed by atoms with Crippen LogP contribution in [0.4, 0.5) is 0 Å². The number of unbranched alkanes of at least 4 members (excludes halogenated alkanes) is 5. The average Bonchev–Trinajstić information content (AvgIpc) is 2.26. The maximum Gasteiger partial charge on any atom is 1.00 e. The summed E-state index contributed by atoms with van der Waals surface area (Å²) in [4.78, 5) is 3.75. The first-order valence-electron chi connectivity index (χ1n) is 5.99. The van der Waals surface area contributed by atoms with Crippen LogP contribution >= 0.6 is 10.8 Å². The molecule has 0 aliphatic rings. The van der Waals surface area contributed by atoms with Gasteiger partial charge in [-0.15, -0.1) is 0 Å². The molecule has 0 saturated heterocycles. The summed E-state index contributed by atoms with van der Waals surface area (Å²) >= 11 is 0. The van der Waals surface area contributed by atoms with Crippen molar-refractivity contribution < 1.29 is 47.6 Å². The molecule has 0 bridgehead atoms. The Labute approximate surface area is 141 Å². The molecule has 19 heavy (non-hydrogen) atoms. The number of hydrogen-bond acceptors (Lipinski definition) is 5. The molecule has 106 valence electrons. The number of nitrogens with zero attached hydrogens (tertiary/aromatic N) is 1. The van der Waals surface area contributed by atoms with Crippen LogP contribution in [-0.4, -0.2) is 25.4 Å². The van der Waals surface area contributed by atoms with Crippen molar-refractivity contribution in [3.05, 3.63) is 11.5 Å². The molecule has 5 nitrogen and oxygen atoms in total. The standard InChI is InChI=1S/C11H21NO4S2.Na/c1-2-3-4-5-6-7-9-12-11(13)8-10-17-18(14,15)16;/h8,10H,2-7,9H2,1H3,(H,12,13)(H,14,15,16);/q;+1/p-1/b10-8-;. The Hall–Kier alpha value is 0.470. The van der Waals surface area contributed by atoms with Gasteiger partial charge >= 0.3 is 38.7 Å². The quantitative estimate of drug-likeness (QED) is 0.142. The van der Waals surface area contributed by atoms with Gasteiger partial charge in [-0.1, -0.05) is 39.0 Å². The van der Waals surface area contributed by atoms with Gasteiger partial charge in [0.2, 0.25) is 0 Å². The van der Waals surface area contributed by atoms with Gasteiger partial charge in [0.05, 0.1) is 0 Å². The number of rotatable bonds is 10. The summed E-state index contributed by atoms with van der Waals surface area (Å²) in [7, 11) is -3.94.